The maximum atomic E-state index is 12.3. The first-order chi connectivity index (χ1) is 16.5. The van der Waals surface area contributed by atoms with E-state index >= 15 is 0 Å². The van der Waals surface area contributed by atoms with Gasteiger partial charge < -0.3 is 15.3 Å². The number of nitrogens with zero attached hydrogens (tertiary/aromatic N) is 5. The Balaban J connectivity index is 5.27. The van der Waals surface area contributed by atoms with E-state index in [2.05, 4.69) is 0 Å². The molecule has 0 unspecified atom stereocenters. The van der Waals surface area contributed by atoms with Crippen LogP contribution >= 0.6 is 0 Å². The van der Waals surface area contributed by atoms with E-state index in [0.29, 0.717) is 0 Å². The van der Waals surface area contributed by atoms with Crippen LogP contribution in [0.15, 0.2) is 0 Å². The van der Waals surface area contributed by atoms with Crippen molar-refractivity contribution in [1.82, 2.24) is 24.8 Å². The zero-order valence-electron chi connectivity index (χ0n) is 20.7. The number of hydroxylamine groups is 4. The number of hydrogen-bond donors (Lipinski definition) is 3. The van der Waals surface area contributed by atoms with Crippen molar-refractivity contribution in [3.05, 3.63) is 0 Å². The van der Waals surface area contributed by atoms with Crippen LogP contribution in [0.3, 0.4) is 0 Å². The molecule has 2 amide bonds. The van der Waals surface area contributed by atoms with Crippen LogP contribution in [0.5, 0.6) is 0 Å². The van der Waals surface area contributed by atoms with Crippen LogP contribution < -0.4 is 0 Å². The number of hydrogen-bond acceptors (Lipinski definition) is 10. The first kappa shape index (κ1) is 32.1. The van der Waals surface area contributed by atoms with Crippen molar-refractivity contribution in [3.8, 4) is 0 Å². The lowest BCUT2D eigenvalue weighted by atomic mass is 10.3. The summed E-state index contributed by atoms with van der Waals surface area (Å²) in [4.78, 5) is 72.4. The number of likely N-dealkylation sites (N-methyl/N-ethyl adjacent to an activating group) is 2. The first-order valence-corrected chi connectivity index (χ1v) is 11.0. The molecule has 0 fully saturated rings. The minimum Gasteiger partial charge on any atom is -0.480 e. The van der Waals surface area contributed by atoms with E-state index < -0.39 is 49.4 Å². The van der Waals surface area contributed by atoms with Crippen molar-refractivity contribution < 1.29 is 49.0 Å². The van der Waals surface area contributed by atoms with Crippen LogP contribution in [0.25, 0.3) is 0 Å². The van der Waals surface area contributed by atoms with Crippen LogP contribution in [-0.2, 0) is 33.6 Å². The molecule has 0 aliphatic rings. The summed E-state index contributed by atoms with van der Waals surface area (Å²) in [5.74, 6) is -4.36. The van der Waals surface area contributed by atoms with E-state index in [4.69, 9.17) is 9.68 Å². The van der Waals surface area contributed by atoms with Gasteiger partial charge in [-0.1, -0.05) is 0 Å². The van der Waals surface area contributed by atoms with Crippen molar-refractivity contribution in [2.24, 2.45) is 0 Å². The maximum Gasteiger partial charge on any atom is 0.317 e. The summed E-state index contributed by atoms with van der Waals surface area (Å²) in [7, 11) is 2.63. The molecule has 0 aliphatic carbocycles. The van der Waals surface area contributed by atoms with Crippen LogP contribution in [0, 0.1) is 0 Å². The van der Waals surface area contributed by atoms with Gasteiger partial charge in [-0.05, 0) is 13.8 Å². The minimum atomic E-state index is -1.16. The molecule has 0 aromatic carbocycles. The van der Waals surface area contributed by atoms with E-state index in [1.807, 2.05) is 0 Å². The van der Waals surface area contributed by atoms with Gasteiger partial charge in [0.1, 0.15) is 0 Å². The monoisotopic (exact) mass is 507 g/mol. The largest absolute Gasteiger partial charge is 0.480 e. The van der Waals surface area contributed by atoms with Crippen LogP contribution in [0.2, 0.25) is 0 Å². The summed E-state index contributed by atoms with van der Waals surface area (Å²) in [5.41, 5.74) is 0. The summed E-state index contributed by atoms with van der Waals surface area (Å²) in [5, 5.41) is 29.8. The third-order valence-corrected chi connectivity index (χ3v) is 4.83. The first-order valence-electron chi connectivity index (χ1n) is 11.0. The molecule has 0 radical (unpaired) electrons. The lowest BCUT2D eigenvalue weighted by Gasteiger charge is -2.29. The Labute approximate surface area is 204 Å². The highest BCUT2D eigenvalue weighted by atomic mass is 16.7. The maximum absolute atomic E-state index is 12.3. The Bertz CT molecular complexity index is 650. The average Bonchev–Trinajstić information content (AvgIpc) is 2.75. The van der Waals surface area contributed by atoms with Crippen molar-refractivity contribution in [2.45, 2.75) is 13.8 Å². The third kappa shape index (κ3) is 14.2. The quantitative estimate of drug-likeness (QED) is 0.154. The Morgan fingerprint density at radius 2 is 0.829 bits per heavy atom. The Hall–Kier alpha value is -2.85. The average molecular weight is 508 g/mol. The molecular formula is C20H37N5O10. The van der Waals surface area contributed by atoms with E-state index in [1.54, 1.807) is 13.8 Å². The molecule has 0 aliphatic heterocycles. The van der Waals surface area contributed by atoms with Crippen molar-refractivity contribution >= 4 is 29.7 Å². The van der Waals surface area contributed by atoms with Crippen molar-refractivity contribution in [1.29, 1.82) is 0 Å². The standard InChI is InChI=1S/C20H37N5O10/c1-5-24(34-3)16(26)11-22(14-19(30)31)9-7-21(13-18(28)29)8-10-23(15-20(32)33)12-17(27)25(6-2)35-4/h5-15H2,1-4H3,(H,28,29)(H,30,31)(H,32,33). The molecule has 15 heteroatoms. The zero-order valence-corrected chi connectivity index (χ0v) is 20.7. The van der Waals surface area contributed by atoms with Gasteiger partial charge in [-0.2, -0.15) is 0 Å². The molecule has 0 spiro atoms. The predicted molar refractivity (Wildman–Crippen MR) is 121 cm³/mol. The van der Waals surface area contributed by atoms with E-state index in [9.17, 15) is 39.3 Å². The normalized spacial score (nSPS) is 11.2. The number of carbonyl (C=O) groups is 5. The van der Waals surface area contributed by atoms with Gasteiger partial charge in [0.05, 0.1) is 46.9 Å². The molecule has 0 heterocycles. The second kappa shape index (κ2) is 17.6. The van der Waals surface area contributed by atoms with Gasteiger partial charge in [0.25, 0.3) is 11.8 Å². The van der Waals surface area contributed by atoms with E-state index in [-0.39, 0.29) is 52.4 Å². The van der Waals surface area contributed by atoms with E-state index in [0.717, 1.165) is 10.1 Å². The number of carboxylic acids is 3. The number of aliphatic carboxylic acids is 3. The smallest absolute Gasteiger partial charge is 0.317 e. The highest BCUT2D eigenvalue weighted by molar-refractivity contribution is 5.79. The zero-order chi connectivity index (χ0) is 27.0. The fraction of sp³-hybridized carbons (Fsp3) is 0.750. The molecule has 0 aromatic heterocycles. The van der Waals surface area contributed by atoms with Gasteiger partial charge in [-0.15, -0.1) is 0 Å². The SMILES string of the molecule is CCN(OC)C(=O)CN(CCN(CCN(CC(=O)O)CC(=O)N(CC)OC)CC(=O)O)CC(=O)O. The Morgan fingerprint density at radius 1 is 0.543 bits per heavy atom. The molecule has 35 heavy (non-hydrogen) atoms. The van der Waals surface area contributed by atoms with E-state index in [1.165, 1.54) is 28.9 Å². The lowest BCUT2D eigenvalue weighted by molar-refractivity contribution is -0.176. The molecule has 202 valence electrons. The van der Waals surface area contributed by atoms with Crippen molar-refractivity contribution in [2.75, 3.05) is 86.2 Å². The van der Waals surface area contributed by atoms with Crippen LogP contribution in [0.4, 0.5) is 0 Å². The Morgan fingerprint density at radius 3 is 1.09 bits per heavy atom. The number of carbonyl (C=O) groups excluding carboxylic acids is 2. The summed E-state index contributed by atoms with van der Waals surface area (Å²) in [6.45, 7) is 2.38. The fourth-order valence-electron chi connectivity index (χ4n) is 3.19. The highest BCUT2D eigenvalue weighted by Crippen LogP contribution is 2.00. The molecule has 0 rings (SSSR count). The second-order valence-corrected chi connectivity index (χ2v) is 7.42. The van der Waals surface area contributed by atoms with Gasteiger partial charge in [0.2, 0.25) is 0 Å². The summed E-state index contributed by atoms with van der Waals surface area (Å²) in [6.07, 6.45) is 0. The van der Waals surface area contributed by atoms with Crippen molar-refractivity contribution in [3.63, 3.8) is 0 Å². The third-order valence-electron chi connectivity index (χ3n) is 4.83. The van der Waals surface area contributed by atoms with Gasteiger partial charge in [-0.3, -0.25) is 48.3 Å². The Kier molecular flexibility index (Phi) is 16.1. The van der Waals surface area contributed by atoms with Gasteiger partial charge in [-0.25, -0.2) is 10.1 Å². The fourth-order valence-corrected chi connectivity index (χ4v) is 3.19. The lowest BCUT2D eigenvalue weighted by Crippen LogP contribution is -2.48. The predicted octanol–water partition coefficient (Wildman–Crippen LogP) is -2.03. The topological polar surface area (TPSA) is 181 Å². The summed E-state index contributed by atoms with van der Waals surface area (Å²) < 4.78 is 0. The number of rotatable bonds is 20. The molecule has 0 bridgehead atoms. The molecule has 0 saturated heterocycles. The van der Waals surface area contributed by atoms with Crippen LogP contribution in [0.1, 0.15) is 13.8 Å². The number of carboxylic acid groups (broad SMARTS) is 3. The molecule has 3 N–H and O–H groups in total. The summed E-state index contributed by atoms with van der Waals surface area (Å²) in [6, 6.07) is 0. The highest BCUT2D eigenvalue weighted by Gasteiger charge is 2.22. The van der Waals surface area contributed by atoms with Gasteiger partial charge in [0, 0.05) is 39.3 Å². The minimum absolute atomic E-state index is 0.0533. The van der Waals surface area contributed by atoms with Gasteiger partial charge in [0.15, 0.2) is 0 Å². The molecule has 15 nitrogen and oxygen atoms in total. The molecule has 0 saturated carbocycles. The number of amides is 2. The van der Waals surface area contributed by atoms with Gasteiger partial charge >= 0.3 is 17.9 Å². The second-order valence-electron chi connectivity index (χ2n) is 7.42. The molecular weight excluding hydrogens is 470 g/mol. The van der Waals surface area contributed by atoms with Crippen LogP contribution in [-0.4, -0.2) is 156 Å². The summed E-state index contributed by atoms with van der Waals surface area (Å²) >= 11 is 0. The molecule has 0 aromatic rings. The molecule has 0 atom stereocenters.